The van der Waals surface area contributed by atoms with E-state index in [2.05, 4.69) is 5.32 Å². The molecule has 1 unspecified atom stereocenters. The SMILES string of the molecule is CCOc1cccc(CNC)c1OC(C)C(N)=O. The third-order valence-electron chi connectivity index (χ3n) is 2.42. The van der Waals surface area contributed by atoms with Crippen molar-refractivity contribution in [2.24, 2.45) is 5.73 Å². The Morgan fingerprint density at radius 1 is 1.50 bits per heavy atom. The van der Waals surface area contributed by atoms with Crippen molar-refractivity contribution in [2.75, 3.05) is 13.7 Å². The highest BCUT2D eigenvalue weighted by atomic mass is 16.5. The van der Waals surface area contributed by atoms with Crippen molar-refractivity contribution < 1.29 is 14.3 Å². The van der Waals surface area contributed by atoms with E-state index in [1.54, 1.807) is 6.92 Å². The highest BCUT2D eigenvalue weighted by Gasteiger charge is 2.17. The molecular formula is C13H20N2O3. The molecule has 1 amide bonds. The predicted molar refractivity (Wildman–Crippen MR) is 69.7 cm³/mol. The van der Waals surface area contributed by atoms with E-state index in [0.717, 1.165) is 5.56 Å². The van der Waals surface area contributed by atoms with Gasteiger partial charge in [0, 0.05) is 12.1 Å². The summed E-state index contributed by atoms with van der Waals surface area (Å²) in [6.07, 6.45) is -0.692. The van der Waals surface area contributed by atoms with E-state index in [1.165, 1.54) is 0 Å². The van der Waals surface area contributed by atoms with E-state index in [4.69, 9.17) is 15.2 Å². The number of hydrogen-bond donors (Lipinski definition) is 2. The Hall–Kier alpha value is -1.75. The number of hydrogen-bond acceptors (Lipinski definition) is 4. The maximum atomic E-state index is 11.1. The van der Waals surface area contributed by atoms with Crippen LogP contribution in [-0.4, -0.2) is 25.7 Å². The molecule has 1 rings (SSSR count). The zero-order valence-corrected chi connectivity index (χ0v) is 11.0. The number of ether oxygens (including phenoxy) is 2. The number of rotatable bonds is 7. The highest BCUT2D eigenvalue weighted by molar-refractivity contribution is 5.78. The number of para-hydroxylation sites is 1. The van der Waals surface area contributed by atoms with Gasteiger partial charge >= 0.3 is 0 Å². The third kappa shape index (κ3) is 3.63. The molecule has 0 bridgehead atoms. The largest absolute Gasteiger partial charge is 0.490 e. The summed E-state index contributed by atoms with van der Waals surface area (Å²) < 4.78 is 11.1. The van der Waals surface area contributed by atoms with Gasteiger partial charge in [-0.15, -0.1) is 0 Å². The molecule has 0 aromatic heterocycles. The Morgan fingerprint density at radius 2 is 2.22 bits per heavy atom. The lowest BCUT2D eigenvalue weighted by Crippen LogP contribution is -2.31. The summed E-state index contributed by atoms with van der Waals surface area (Å²) in [5.74, 6) is 0.690. The lowest BCUT2D eigenvalue weighted by molar-refractivity contribution is -0.124. The number of carbonyl (C=O) groups is 1. The molecule has 0 radical (unpaired) electrons. The summed E-state index contributed by atoms with van der Waals surface area (Å²) in [6.45, 7) is 4.67. The molecule has 1 aromatic rings. The first kappa shape index (κ1) is 14.3. The molecule has 0 fully saturated rings. The number of amides is 1. The second-order valence-electron chi connectivity index (χ2n) is 3.87. The van der Waals surface area contributed by atoms with E-state index in [0.29, 0.717) is 24.7 Å². The quantitative estimate of drug-likeness (QED) is 0.761. The van der Waals surface area contributed by atoms with Crippen molar-refractivity contribution >= 4 is 5.91 Å². The monoisotopic (exact) mass is 252 g/mol. The lowest BCUT2D eigenvalue weighted by atomic mass is 10.1. The van der Waals surface area contributed by atoms with Gasteiger partial charge in [0.25, 0.3) is 5.91 Å². The van der Waals surface area contributed by atoms with Gasteiger partial charge in [0.15, 0.2) is 17.6 Å². The van der Waals surface area contributed by atoms with Gasteiger partial charge in [0.05, 0.1) is 6.61 Å². The second-order valence-corrected chi connectivity index (χ2v) is 3.87. The molecule has 18 heavy (non-hydrogen) atoms. The maximum absolute atomic E-state index is 11.1. The fraction of sp³-hybridized carbons (Fsp3) is 0.462. The van der Waals surface area contributed by atoms with Crippen molar-refractivity contribution in [2.45, 2.75) is 26.5 Å². The Bertz CT molecular complexity index is 383. The standard InChI is InChI=1S/C13H20N2O3/c1-4-17-11-7-5-6-10(8-15-3)12(11)18-9(2)13(14)16/h5-7,9,15H,4,8H2,1-3H3,(H2,14,16). The molecule has 0 aliphatic heterocycles. The van der Waals surface area contributed by atoms with Crippen molar-refractivity contribution in [3.63, 3.8) is 0 Å². The van der Waals surface area contributed by atoms with Gasteiger partial charge in [0.1, 0.15) is 0 Å². The van der Waals surface area contributed by atoms with E-state index in [9.17, 15) is 4.79 Å². The molecule has 1 atom stereocenters. The van der Waals surface area contributed by atoms with Crippen LogP contribution < -0.4 is 20.5 Å². The minimum atomic E-state index is -0.692. The molecule has 3 N–H and O–H groups in total. The average molecular weight is 252 g/mol. The van der Waals surface area contributed by atoms with Crippen LogP contribution in [0.25, 0.3) is 0 Å². The molecule has 0 aliphatic rings. The summed E-state index contributed by atoms with van der Waals surface area (Å²) in [4.78, 5) is 11.1. The highest BCUT2D eigenvalue weighted by Crippen LogP contribution is 2.32. The van der Waals surface area contributed by atoms with E-state index in [1.807, 2.05) is 32.2 Å². The molecule has 0 aliphatic carbocycles. The number of primary amides is 1. The van der Waals surface area contributed by atoms with Crippen molar-refractivity contribution in [3.05, 3.63) is 23.8 Å². The van der Waals surface area contributed by atoms with Crippen LogP contribution in [0.5, 0.6) is 11.5 Å². The van der Waals surface area contributed by atoms with Crippen LogP contribution in [0.1, 0.15) is 19.4 Å². The van der Waals surface area contributed by atoms with Crippen molar-refractivity contribution in [3.8, 4) is 11.5 Å². The van der Waals surface area contributed by atoms with Gasteiger partial charge in [0.2, 0.25) is 0 Å². The minimum absolute atomic E-state index is 0.503. The summed E-state index contributed by atoms with van der Waals surface area (Å²) in [5, 5.41) is 3.04. The average Bonchev–Trinajstić information content (AvgIpc) is 2.33. The maximum Gasteiger partial charge on any atom is 0.258 e. The number of nitrogens with two attached hydrogens (primary N) is 1. The minimum Gasteiger partial charge on any atom is -0.490 e. The fourth-order valence-corrected chi connectivity index (χ4v) is 1.53. The molecule has 0 heterocycles. The van der Waals surface area contributed by atoms with Crippen molar-refractivity contribution in [1.82, 2.24) is 5.32 Å². The van der Waals surface area contributed by atoms with Crippen LogP contribution >= 0.6 is 0 Å². The molecule has 1 aromatic carbocycles. The topological polar surface area (TPSA) is 73.6 Å². The van der Waals surface area contributed by atoms with Crippen LogP contribution in [0.15, 0.2) is 18.2 Å². The fourth-order valence-electron chi connectivity index (χ4n) is 1.53. The van der Waals surface area contributed by atoms with Crippen LogP contribution in [0, 0.1) is 0 Å². The summed E-state index contributed by atoms with van der Waals surface area (Å²) >= 11 is 0. The molecule has 5 nitrogen and oxygen atoms in total. The number of carbonyl (C=O) groups excluding carboxylic acids is 1. The zero-order valence-electron chi connectivity index (χ0n) is 11.0. The van der Waals surface area contributed by atoms with Crippen LogP contribution in [0.2, 0.25) is 0 Å². The lowest BCUT2D eigenvalue weighted by Gasteiger charge is -2.18. The smallest absolute Gasteiger partial charge is 0.258 e. The van der Waals surface area contributed by atoms with Gasteiger partial charge in [-0.3, -0.25) is 4.79 Å². The Morgan fingerprint density at radius 3 is 2.78 bits per heavy atom. The van der Waals surface area contributed by atoms with Gasteiger partial charge < -0.3 is 20.5 Å². The summed E-state index contributed by atoms with van der Waals surface area (Å²) in [6, 6.07) is 5.62. The Kier molecular flexibility index (Phi) is 5.45. The molecular weight excluding hydrogens is 232 g/mol. The second kappa shape index (κ2) is 6.86. The van der Waals surface area contributed by atoms with E-state index >= 15 is 0 Å². The van der Waals surface area contributed by atoms with Crippen LogP contribution in [-0.2, 0) is 11.3 Å². The first-order valence-electron chi connectivity index (χ1n) is 5.95. The molecule has 0 spiro atoms. The Labute approximate surface area is 107 Å². The van der Waals surface area contributed by atoms with Gasteiger partial charge in [-0.1, -0.05) is 12.1 Å². The van der Waals surface area contributed by atoms with Crippen LogP contribution in [0.4, 0.5) is 0 Å². The van der Waals surface area contributed by atoms with Gasteiger partial charge in [-0.05, 0) is 27.0 Å². The normalized spacial score (nSPS) is 11.9. The van der Waals surface area contributed by atoms with Crippen molar-refractivity contribution in [1.29, 1.82) is 0 Å². The predicted octanol–water partition coefficient (Wildman–Crippen LogP) is 1.06. The molecule has 0 saturated carbocycles. The first-order chi connectivity index (χ1) is 8.60. The Balaban J connectivity index is 3.05. The molecule has 5 heteroatoms. The molecule has 0 saturated heterocycles. The van der Waals surface area contributed by atoms with E-state index < -0.39 is 12.0 Å². The third-order valence-corrected chi connectivity index (χ3v) is 2.42. The zero-order chi connectivity index (χ0) is 13.5. The first-order valence-corrected chi connectivity index (χ1v) is 5.95. The van der Waals surface area contributed by atoms with E-state index in [-0.39, 0.29) is 0 Å². The van der Waals surface area contributed by atoms with Gasteiger partial charge in [-0.25, -0.2) is 0 Å². The van der Waals surface area contributed by atoms with Gasteiger partial charge in [-0.2, -0.15) is 0 Å². The number of benzene rings is 1. The molecule has 100 valence electrons. The van der Waals surface area contributed by atoms with Crippen LogP contribution in [0.3, 0.4) is 0 Å². The summed E-state index contributed by atoms with van der Waals surface area (Å²) in [7, 11) is 1.84. The number of nitrogens with one attached hydrogen (secondary N) is 1. The summed E-state index contributed by atoms with van der Waals surface area (Å²) in [5.41, 5.74) is 6.14.